The van der Waals surface area contributed by atoms with E-state index in [0.717, 1.165) is 24.5 Å². The molecule has 1 saturated heterocycles. The Morgan fingerprint density at radius 1 is 1.12 bits per heavy atom. The summed E-state index contributed by atoms with van der Waals surface area (Å²) in [6, 6.07) is 12.4. The van der Waals surface area contributed by atoms with Crippen molar-refractivity contribution < 1.29 is 14.0 Å². The van der Waals surface area contributed by atoms with Crippen molar-refractivity contribution in [1.29, 1.82) is 0 Å². The van der Waals surface area contributed by atoms with Gasteiger partial charge in [0.1, 0.15) is 11.9 Å². The lowest BCUT2D eigenvalue weighted by Gasteiger charge is -2.24. The molecule has 2 aromatic carbocycles. The lowest BCUT2D eigenvalue weighted by atomic mass is 10.0. The summed E-state index contributed by atoms with van der Waals surface area (Å²) >= 11 is 5.98. The van der Waals surface area contributed by atoms with Gasteiger partial charge in [-0.15, -0.1) is 0 Å². The Morgan fingerprint density at radius 2 is 1.81 bits per heavy atom. The van der Waals surface area contributed by atoms with Gasteiger partial charge in [-0.25, -0.2) is 4.39 Å². The zero-order valence-corrected chi connectivity index (χ0v) is 15.0. The monoisotopic (exact) mass is 374 g/mol. The lowest BCUT2D eigenvalue weighted by Crippen LogP contribution is -2.49. The van der Waals surface area contributed by atoms with Crippen molar-refractivity contribution in [3.8, 4) is 0 Å². The molecule has 6 heteroatoms. The molecule has 1 fully saturated rings. The Kier molecular flexibility index (Phi) is 5.89. The topological polar surface area (TPSA) is 49.4 Å². The molecule has 0 unspecified atom stereocenters. The first-order valence-corrected chi connectivity index (χ1v) is 9.01. The van der Waals surface area contributed by atoms with Crippen LogP contribution in [0.5, 0.6) is 0 Å². The molecule has 0 radical (unpaired) electrons. The molecule has 1 N–H and O–H groups in total. The Morgan fingerprint density at radius 3 is 2.46 bits per heavy atom. The number of hydrogen-bond donors (Lipinski definition) is 1. The quantitative estimate of drug-likeness (QED) is 0.871. The number of nitrogens with zero attached hydrogens (tertiary/aromatic N) is 1. The maximum absolute atomic E-state index is 13.2. The molecule has 0 saturated carbocycles. The van der Waals surface area contributed by atoms with Crippen LogP contribution in [-0.2, 0) is 11.2 Å². The molecular weight excluding hydrogens is 355 g/mol. The minimum atomic E-state index is -0.691. The van der Waals surface area contributed by atoms with Gasteiger partial charge in [0, 0.05) is 19.5 Å². The van der Waals surface area contributed by atoms with E-state index in [1.54, 1.807) is 4.90 Å². The normalized spacial score (nSPS) is 14.9. The first-order chi connectivity index (χ1) is 12.5. The van der Waals surface area contributed by atoms with Gasteiger partial charge in [0.2, 0.25) is 5.91 Å². The van der Waals surface area contributed by atoms with Crippen LogP contribution in [0.15, 0.2) is 48.5 Å². The van der Waals surface area contributed by atoms with E-state index in [1.807, 2.05) is 30.3 Å². The number of nitrogens with one attached hydrogen (secondary N) is 1. The fourth-order valence-electron chi connectivity index (χ4n) is 3.12. The van der Waals surface area contributed by atoms with Crippen LogP contribution in [0.25, 0.3) is 0 Å². The van der Waals surface area contributed by atoms with Crippen LogP contribution in [0.4, 0.5) is 4.39 Å². The Balaban J connectivity index is 1.80. The summed E-state index contributed by atoms with van der Waals surface area (Å²) in [6.07, 6.45) is 2.34. The van der Waals surface area contributed by atoms with Crippen LogP contribution in [0, 0.1) is 5.82 Å². The van der Waals surface area contributed by atoms with Crippen molar-refractivity contribution in [2.24, 2.45) is 0 Å². The molecule has 2 aromatic rings. The summed E-state index contributed by atoms with van der Waals surface area (Å²) in [4.78, 5) is 27.3. The van der Waals surface area contributed by atoms with E-state index in [2.05, 4.69) is 5.32 Å². The van der Waals surface area contributed by atoms with Gasteiger partial charge in [-0.3, -0.25) is 9.59 Å². The van der Waals surface area contributed by atoms with Crippen molar-refractivity contribution >= 4 is 23.4 Å². The van der Waals surface area contributed by atoms with Crippen molar-refractivity contribution in [2.45, 2.75) is 25.3 Å². The van der Waals surface area contributed by atoms with Crippen molar-refractivity contribution in [3.63, 3.8) is 0 Å². The highest BCUT2D eigenvalue weighted by molar-refractivity contribution is 6.33. The molecule has 1 aliphatic rings. The van der Waals surface area contributed by atoms with Crippen LogP contribution in [0.3, 0.4) is 0 Å². The van der Waals surface area contributed by atoms with E-state index >= 15 is 0 Å². The van der Waals surface area contributed by atoms with Crippen LogP contribution >= 0.6 is 11.6 Å². The summed E-state index contributed by atoms with van der Waals surface area (Å²) in [7, 11) is 0. The van der Waals surface area contributed by atoms with E-state index in [-0.39, 0.29) is 16.5 Å². The Labute approximate surface area is 157 Å². The highest BCUT2D eigenvalue weighted by atomic mass is 35.5. The van der Waals surface area contributed by atoms with Gasteiger partial charge in [-0.05, 0) is 36.6 Å². The lowest BCUT2D eigenvalue weighted by molar-refractivity contribution is -0.132. The predicted octanol–water partition coefficient (Wildman–Crippen LogP) is 3.44. The largest absolute Gasteiger partial charge is 0.341 e. The minimum Gasteiger partial charge on any atom is -0.341 e. The van der Waals surface area contributed by atoms with E-state index in [0.29, 0.717) is 19.5 Å². The van der Waals surface area contributed by atoms with Crippen LogP contribution in [-0.4, -0.2) is 35.8 Å². The number of amides is 2. The second-order valence-corrected chi connectivity index (χ2v) is 6.78. The van der Waals surface area contributed by atoms with Gasteiger partial charge in [0.05, 0.1) is 10.6 Å². The van der Waals surface area contributed by atoms with Gasteiger partial charge in [0.15, 0.2) is 0 Å². The summed E-state index contributed by atoms with van der Waals surface area (Å²) in [5.41, 5.74) is 1.11. The molecule has 26 heavy (non-hydrogen) atoms. The number of likely N-dealkylation sites (tertiary alicyclic amines) is 1. The SMILES string of the molecule is O=C(N[C@@H](Cc1ccccc1)C(=O)N1CCCC1)c1ccc(F)cc1Cl. The average molecular weight is 375 g/mol. The van der Waals surface area contributed by atoms with Crippen molar-refractivity contribution in [1.82, 2.24) is 10.2 Å². The molecule has 3 rings (SSSR count). The number of carbonyl (C=O) groups is 2. The molecule has 1 atom stereocenters. The molecule has 1 heterocycles. The van der Waals surface area contributed by atoms with Crippen molar-refractivity contribution in [3.05, 3.63) is 70.5 Å². The van der Waals surface area contributed by atoms with Gasteiger partial charge < -0.3 is 10.2 Å². The summed E-state index contributed by atoms with van der Waals surface area (Å²) in [6.45, 7) is 1.41. The fraction of sp³-hybridized carbons (Fsp3) is 0.300. The number of carbonyl (C=O) groups excluding carboxylic acids is 2. The molecule has 0 bridgehead atoms. The number of benzene rings is 2. The maximum atomic E-state index is 13.2. The highest BCUT2D eigenvalue weighted by Crippen LogP contribution is 2.18. The fourth-order valence-corrected chi connectivity index (χ4v) is 3.37. The molecule has 0 aromatic heterocycles. The van der Waals surface area contributed by atoms with Gasteiger partial charge in [0.25, 0.3) is 5.91 Å². The smallest absolute Gasteiger partial charge is 0.253 e. The van der Waals surface area contributed by atoms with E-state index in [4.69, 9.17) is 11.6 Å². The molecule has 4 nitrogen and oxygen atoms in total. The van der Waals surface area contributed by atoms with Gasteiger partial charge in [-0.1, -0.05) is 41.9 Å². The first-order valence-electron chi connectivity index (χ1n) is 8.63. The number of rotatable bonds is 5. The van der Waals surface area contributed by atoms with E-state index < -0.39 is 17.8 Å². The second kappa shape index (κ2) is 8.32. The molecule has 136 valence electrons. The third-order valence-corrected chi connectivity index (χ3v) is 4.79. The number of halogens is 2. The number of hydrogen-bond acceptors (Lipinski definition) is 2. The Bertz CT molecular complexity index is 792. The Hall–Kier alpha value is -2.40. The van der Waals surface area contributed by atoms with Crippen molar-refractivity contribution in [2.75, 3.05) is 13.1 Å². The van der Waals surface area contributed by atoms with Gasteiger partial charge >= 0.3 is 0 Å². The molecule has 2 amide bonds. The second-order valence-electron chi connectivity index (χ2n) is 6.37. The maximum Gasteiger partial charge on any atom is 0.253 e. The highest BCUT2D eigenvalue weighted by Gasteiger charge is 2.28. The zero-order valence-electron chi connectivity index (χ0n) is 14.3. The van der Waals surface area contributed by atoms with Crippen LogP contribution < -0.4 is 5.32 Å². The summed E-state index contributed by atoms with van der Waals surface area (Å²) in [5, 5.41) is 2.80. The standard InChI is InChI=1S/C20H20ClFN2O2/c21-17-13-15(22)8-9-16(17)19(25)23-18(12-14-6-2-1-3-7-14)20(26)24-10-4-5-11-24/h1-3,6-9,13,18H,4-5,10-12H2,(H,23,25)/t18-/m0/s1. The van der Waals surface area contributed by atoms with Crippen LogP contribution in [0.2, 0.25) is 5.02 Å². The van der Waals surface area contributed by atoms with Crippen LogP contribution in [0.1, 0.15) is 28.8 Å². The predicted molar refractivity (Wildman–Crippen MR) is 98.6 cm³/mol. The summed E-state index contributed by atoms with van der Waals surface area (Å²) in [5.74, 6) is -1.10. The van der Waals surface area contributed by atoms with Gasteiger partial charge in [-0.2, -0.15) is 0 Å². The third-order valence-electron chi connectivity index (χ3n) is 4.48. The van der Waals surface area contributed by atoms with E-state index in [9.17, 15) is 14.0 Å². The summed E-state index contributed by atoms with van der Waals surface area (Å²) < 4.78 is 13.2. The average Bonchev–Trinajstić information content (AvgIpc) is 3.16. The molecule has 0 aliphatic carbocycles. The first kappa shape index (κ1) is 18.4. The third kappa shape index (κ3) is 4.41. The minimum absolute atomic E-state index is 0.0228. The molecule has 1 aliphatic heterocycles. The zero-order chi connectivity index (χ0) is 18.5. The molecule has 0 spiro atoms. The molecular formula is C20H20ClFN2O2. The van der Waals surface area contributed by atoms with E-state index in [1.165, 1.54) is 12.1 Å².